The van der Waals surface area contributed by atoms with Crippen LogP contribution in [0.15, 0.2) is 21.7 Å². The number of nitrogens with zero attached hydrogens (tertiary/aromatic N) is 1. The quantitative estimate of drug-likeness (QED) is 0.591. The molecule has 0 aliphatic heterocycles. The molecule has 14 heavy (non-hydrogen) atoms. The summed E-state index contributed by atoms with van der Waals surface area (Å²) in [5, 5.41) is 2.98. The van der Waals surface area contributed by atoms with Crippen molar-refractivity contribution >= 4 is 27.3 Å². The molecular weight excluding hydrogens is 263 g/mol. The molecule has 0 unspecified atom stereocenters. The summed E-state index contributed by atoms with van der Waals surface area (Å²) in [6.45, 7) is 0. The van der Waals surface area contributed by atoms with Gasteiger partial charge in [-0.15, -0.1) is 0 Å². The third-order valence-electron chi connectivity index (χ3n) is 1.54. The van der Waals surface area contributed by atoms with Crippen LogP contribution in [-0.2, 0) is 6.18 Å². The molecule has 3 nitrogen and oxygen atoms in total. The second kappa shape index (κ2) is 3.56. The predicted molar refractivity (Wildman–Crippen MR) is 48.4 cm³/mol. The minimum atomic E-state index is -4.46. The number of nitrogens with one attached hydrogen (secondary N) is 1. The summed E-state index contributed by atoms with van der Waals surface area (Å²) < 4.78 is 36.7. The molecule has 1 aromatic rings. The van der Waals surface area contributed by atoms with Crippen molar-refractivity contribution in [3.63, 3.8) is 0 Å². The van der Waals surface area contributed by atoms with Crippen LogP contribution in [-0.4, -0.2) is 0 Å². The lowest BCUT2D eigenvalue weighted by molar-refractivity contribution is -0.138. The first-order valence-corrected chi connectivity index (χ1v) is 4.19. The number of benzene rings is 1. The molecule has 0 bridgehead atoms. The van der Waals surface area contributed by atoms with Crippen LogP contribution in [0.2, 0.25) is 0 Å². The van der Waals surface area contributed by atoms with Crippen LogP contribution >= 0.6 is 15.9 Å². The van der Waals surface area contributed by atoms with Gasteiger partial charge in [0.15, 0.2) is 0 Å². The maximum atomic E-state index is 12.3. The Labute approximate surface area is 85.7 Å². The van der Waals surface area contributed by atoms with Crippen LogP contribution < -0.4 is 5.73 Å². The summed E-state index contributed by atoms with van der Waals surface area (Å²) in [6.07, 6.45) is -4.46. The van der Waals surface area contributed by atoms with Gasteiger partial charge in [-0.05, 0) is 12.1 Å². The fourth-order valence-corrected chi connectivity index (χ4v) is 1.45. The van der Waals surface area contributed by atoms with E-state index in [9.17, 15) is 13.2 Å². The topological polar surface area (TPSA) is 62.2 Å². The molecule has 0 fully saturated rings. The maximum Gasteiger partial charge on any atom is 0.417 e. The van der Waals surface area contributed by atoms with Gasteiger partial charge in [-0.3, -0.25) is 0 Å². The fraction of sp³-hybridized carbons (Fsp3) is 0.143. The molecule has 76 valence electrons. The van der Waals surface area contributed by atoms with Gasteiger partial charge in [0.05, 0.1) is 11.3 Å². The molecule has 3 N–H and O–H groups in total. The number of anilines is 1. The van der Waals surface area contributed by atoms with Gasteiger partial charge in [0, 0.05) is 4.47 Å². The predicted octanol–water partition coefficient (Wildman–Crippen LogP) is 3.71. The molecule has 0 heterocycles. The fourth-order valence-electron chi connectivity index (χ4n) is 0.894. The van der Waals surface area contributed by atoms with E-state index in [1.54, 1.807) is 0 Å². The van der Waals surface area contributed by atoms with E-state index in [2.05, 4.69) is 21.0 Å². The largest absolute Gasteiger partial charge is 0.417 e. The molecule has 0 radical (unpaired) electrons. The highest BCUT2D eigenvalue weighted by molar-refractivity contribution is 9.10. The first-order chi connectivity index (χ1) is 6.36. The molecule has 0 spiro atoms. The van der Waals surface area contributed by atoms with Gasteiger partial charge < -0.3 is 5.73 Å². The Bertz CT molecular complexity index is 375. The highest BCUT2D eigenvalue weighted by Gasteiger charge is 2.33. The average Bonchev–Trinajstić information content (AvgIpc) is 2.06. The van der Waals surface area contributed by atoms with Gasteiger partial charge in [0.2, 0.25) is 0 Å². The van der Waals surface area contributed by atoms with Gasteiger partial charge >= 0.3 is 6.18 Å². The van der Waals surface area contributed by atoms with E-state index in [1.165, 1.54) is 0 Å². The lowest BCUT2D eigenvalue weighted by Gasteiger charge is -2.10. The molecule has 1 rings (SSSR count). The standard InChI is InChI=1S/C7H5BrF3N3/c8-4-2-6(14-13)5(12)1-3(4)7(9,10)11/h1-2,13H,12H2. The Kier molecular flexibility index (Phi) is 2.79. The number of nitrogens with two attached hydrogens (primary N) is 1. The number of halogens is 4. The minimum Gasteiger partial charge on any atom is -0.397 e. The Morgan fingerprint density at radius 1 is 1.36 bits per heavy atom. The second-order valence-electron chi connectivity index (χ2n) is 2.50. The Morgan fingerprint density at radius 2 is 1.93 bits per heavy atom. The van der Waals surface area contributed by atoms with Crippen LogP contribution in [0.4, 0.5) is 24.5 Å². The smallest absolute Gasteiger partial charge is 0.397 e. The molecule has 0 atom stereocenters. The zero-order chi connectivity index (χ0) is 10.9. The van der Waals surface area contributed by atoms with Gasteiger partial charge in [-0.25, -0.2) is 5.53 Å². The molecule has 0 aliphatic carbocycles. The Balaban J connectivity index is 3.36. The van der Waals surface area contributed by atoms with Crippen LogP contribution in [0.5, 0.6) is 0 Å². The van der Waals surface area contributed by atoms with Crippen molar-refractivity contribution in [2.45, 2.75) is 6.18 Å². The van der Waals surface area contributed by atoms with E-state index < -0.39 is 11.7 Å². The summed E-state index contributed by atoms with van der Waals surface area (Å²) in [6, 6.07) is 1.81. The number of alkyl halides is 3. The molecule has 0 saturated carbocycles. The van der Waals surface area contributed by atoms with Crippen LogP contribution in [0.25, 0.3) is 0 Å². The van der Waals surface area contributed by atoms with E-state index in [0.717, 1.165) is 12.1 Å². The molecule has 0 aromatic heterocycles. The minimum absolute atomic E-state index is 0.00451. The first-order valence-electron chi connectivity index (χ1n) is 3.40. The summed E-state index contributed by atoms with van der Waals surface area (Å²) in [5.41, 5.74) is 10.9. The molecule has 7 heteroatoms. The third kappa shape index (κ3) is 2.03. The van der Waals surface area contributed by atoms with Crippen LogP contribution in [0, 0.1) is 5.53 Å². The SMILES string of the molecule is N=Nc1cc(Br)c(C(F)(F)F)cc1N. The molecule has 0 saturated heterocycles. The van der Waals surface area contributed by atoms with E-state index in [1.807, 2.05) is 0 Å². The Hall–Kier alpha value is -1.11. The van der Waals surface area contributed by atoms with Gasteiger partial charge in [0.25, 0.3) is 0 Å². The zero-order valence-corrected chi connectivity index (χ0v) is 8.28. The summed E-state index contributed by atoms with van der Waals surface area (Å²) in [7, 11) is 0. The second-order valence-corrected chi connectivity index (χ2v) is 3.35. The number of hydrogen-bond acceptors (Lipinski definition) is 3. The van der Waals surface area contributed by atoms with Crippen molar-refractivity contribution in [2.75, 3.05) is 5.73 Å². The number of rotatable bonds is 1. The molecule has 0 aliphatic rings. The molecule has 0 amide bonds. The van der Waals surface area contributed by atoms with Crippen LogP contribution in [0.3, 0.4) is 0 Å². The van der Waals surface area contributed by atoms with Crippen LogP contribution in [0.1, 0.15) is 5.56 Å². The average molecular weight is 268 g/mol. The van der Waals surface area contributed by atoms with Gasteiger partial charge in [0.1, 0.15) is 5.69 Å². The summed E-state index contributed by atoms with van der Waals surface area (Å²) in [5.74, 6) is 0. The van der Waals surface area contributed by atoms with Crippen molar-refractivity contribution in [1.82, 2.24) is 0 Å². The van der Waals surface area contributed by atoms with Crippen molar-refractivity contribution in [3.05, 3.63) is 22.2 Å². The normalized spacial score (nSPS) is 11.4. The van der Waals surface area contributed by atoms with E-state index in [4.69, 9.17) is 11.3 Å². The first kappa shape index (κ1) is 11.0. The highest BCUT2D eigenvalue weighted by atomic mass is 79.9. The zero-order valence-electron chi connectivity index (χ0n) is 6.69. The van der Waals surface area contributed by atoms with E-state index in [-0.39, 0.29) is 15.8 Å². The number of hydrogen-bond donors (Lipinski definition) is 2. The van der Waals surface area contributed by atoms with Crippen molar-refractivity contribution in [1.29, 1.82) is 5.53 Å². The van der Waals surface area contributed by atoms with Gasteiger partial charge in [-0.2, -0.15) is 18.3 Å². The maximum absolute atomic E-state index is 12.3. The molecule has 1 aromatic carbocycles. The van der Waals surface area contributed by atoms with E-state index in [0.29, 0.717) is 0 Å². The number of nitrogen functional groups attached to an aromatic ring is 1. The summed E-state index contributed by atoms with van der Waals surface area (Å²) in [4.78, 5) is 0. The summed E-state index contributed by atoms with van der Waals surface area (Å²) >= 11 is 2.74. The van der Waals surface area contributed by atoms with Crippen molar-refractivity contribution in [3.8, 4) is 0 Å². The Morgan fingerprint density at radius 3 is 2.36 bits per heavy atom. The highest BCUT2D eigenvalue weighted by Crippen LogP contribution is 2.39. The van der Waals surface area contributed by atoms with Gasteiger partial charge in [-0.1, -0.05) is 15.9 Å². The lowest BCUT2D eigenvalue weighted by atomic mass is 10.1. The lowest BCUT2D eigenvalue weighted by Crippen LogP contribution is -2.06. The molecular formula is C7H5BrF3N3. The monoisotopic (exact) mass is 267 g/mol. The van der Waals surface area contributed by atoms with E-state index >= 15 is 0 Å². The van der Waals surface area contributed by atoms with Crippen molar-refractivity contribution < 1.29 is 13.2 Å². The third-order valence-corrected chi connectivity index (χ3v) is 2.20. The van der Waals surface area contributed by atoms with Crippen molar-refractivity contribution in [2.24, 2.45) is 5.11 Å².